The summed E-state index contributed by atoms with van der Waals surface area (Å²) in [5.41, 5.74) is 1.40. The lowest BCUT2D eigenvalue weighted by molar-refractivity contribution is 0.0938. The molecule has 1 aliphatic heterocycles. The van der Waals surface area contributed by atoms with Crippen molar-refractivity contribution in [3.05, 3.63) is 24.0 Å². The lowest BCUT2D eigenvalue weighted by Crippen LogP contribution is -2.45. The molecule has 1 N–H and O–H groups in total. The van der Waals surface area contributed by atoms with E-state index in [0.29, 0.717) is 17.6 Å². The molecule has 2 aromatic rings. The molecule has 0 spiro atoms. The summed E-state index contributed by atoms with van der Waals surface area (Å²) >= 11 is 1.76. The summed E-state index contributed by atoms with van der Waals surface area (Å²) in [6.45, 7) is 12.5. The second kappa shape index (κ2) is 9.15. The number of rotatable bonds is 6. The van der Waals surface area contributed by atoms with Gasteiger partial charge in [0.05, 0.1) is 5.52 Å². The summed E-state index contributed by atoms with van der Waals surface area (Å²) in [6.07, 6.45) is 0.919. The number of fused-ring (bicyclic) bond motifs is 1. The number of amides is 1. The van der Waals surface area contributed by atoms with Gasteiger partial charge in [-0.1, -0.05) is 20.8 Å². The molecular formula is C20H30N6OS. The van der Waals surface area contributed by atoms with Gasteiger partial charge >= 0.3 is 0 Å². The number of carbonyl (C=O) groups is 1. The van der Waals surface area contributed by atoms with Crippen LogP contribution in [0.5, 0.6) is 0 Å². The highest BCUT2D eigenvalue weighted by Gasteiger charge is 2.16. The normalized spacial score (nSPS) is 16.4. The molecule has 7 nitrogen and oxygen atoms in total. The highest BCUT2D eigenvalue weighted by Crippen LogP contribution is 2.32. The third-order valence-electron chi connectivity index (χ3n) is 4.59. The van der Waals surface area contributed by atoms with E-state index in [2.05, 4.69) is 58.1 Å². The Bertz CT molecular complexity index is 814. The van der Waals surface area contributed by atoms with Crippen LogP contribution in [-0.2, 0) is 0 Å². The monoisotopic (exact) mass is 402 g/mol. The van der Waals surface area contributed by atoms with Crippen molar-refractivity contribution in [1.82, 2.24) is 30.3 Å². The molecule has 1 amide bonds. The van der Waals surface area contributed by atoms with Gasteiger partial charge < -0.3 is 15.1 Å². The van der Waals surface area contributed by atoms with E-state index in [1.54, 1.807) is 11.8 Å². The van der Waals surface area contributed by atoms with Gasteiger partial charge in [0.25, 0.3) is 5.91 Å². The van der Waals surface area contributed by atoms with Gasteiger partial charge in [0.1, 0.15) is 5.52 Å². The lowest BCUT2D eigenvalue weighted by atomic mass is 10.3. The fraction of sp³-hybridized carbons (Fsp3) is 0.600. The Labute approximate surface area is 171 Å². The maximum Gasteiger partial charge on any atom is 0.291 e. The first-order chi connectivity index (χ1) is 13.3. The molecule has 1 aliphatic rings. The number of nitrogens with one attached hydrogen (secondary N) is 1. The van der Waals surface area contributed by atoms with Crippen LogP contribution in [0.1, 0.15) is 37.8 Å². The molecule has 8 heteroatoms. The number of hydrogen-bond acceptors (Lipinski definition) is 7. The van der Waals surface area contributed by atoms with Crippen molar-refractivity contribution in [2.45, 2.75) is 36.8 Å². The number of hydrogen-bond donors (Lipinski definition) is 1. The van der Waals surface area contributed by atoms with Crippen LogP contribution < -0.4 is 5.32 Å². The number of aromatic nitrogens is 3. The zero-order valence-corrected chi connectivity index (χ0v) is 18.1. The summed E-state index contributed by atoms with van der Waals surface area (Å²) in [5, 5.41) is 11.1. The van der Waals surface area contributed by atoms with E-state index in [9.17, 15) is 4.79 Å². The summed E-state index contributed by atoms with van der Waals surface area (Å²) < 4.78 is 0.109. The average Bonchev–Trinajstić information content (AvgIpc) is 2.64. The molecule has 1 saturated heterocycles. The van der Waals surface area contributed by atoms with Crippen LogP contribution in [-0.4, -0.2) is 82.0 Å². The summed E-state index contributed by atoms with van der Waals surface area (Å²) in [5.74, 6) is -0.133. The van der Waals surface area contributed by atoms with Crippen LogP contribution in [0.3, 0.4) is 0 Å². The van der Waals surface area contributed by atoms with Crippen LogP contribution in [0, 0.1) is 0 Å². The van der Waals surface area contributed by atoms with Crippen molar-refractivity contribution in [2.24, 2.45) is 0 Å². The first kappa shape index (κ1) is 21.0. The topological polar surface area (TPSA) is 74.2 Å². The van der Waals surface area contributed by atoms with E-state index in [0.717, 1.165) is 44.0 Å². The number of thioether (sulfide) groups is 1. The summed E-state index contributed by atoms with van der Waals surface area (Å²) in [7, 11) is 2.15. The molecule has 0 atom stereocenters. The molecule has 28 heavy (non-hydrogen) atoms. The second-order valence-corrected chi connectivity index (χ2v) is 10.2. The highest BCUT2D eigenvalue weighted by atomic mass is 32.2. The number of benzene rings is 1. The van der Waals surface area contributed by atoms with Gasteiger partial charge in [-0.2, -0.15) is 0 Å². The van der Waals surface area contributed by atoms with Crippen molar-refractivity contribution in [3.8, 4) is 0 Å². The van der Waals surface area contributed by atoms with E-state index in [1.165, 1.54) is 0 Å². The minimum absolute atomic E-state index is 0.109. The van der Waals surface area contributed by atoms with E-state index in [4.69, 9.17) is 0 Å². The second-order valence-electron chi connectivity index (χ2n) is 8.25. The molecule has 2 heterocycles. The maximum absolute atomic E-state index is 12.4. The molecule has 1 fully saturated rings. The van der Waals surface area contributed by atoms with Crippen LogP contribution in [0.15, 0.2) is 23.1 Å². The van der Waals surface area contributed by atoms with E-state index >= 15 is 0 Å². The van der Waals surface area contributed by atoms with Gasteiger partial charge in [-0.25, -0.2) is 4.98 Å². The summed E-state index contributed by atoms with van der Waals surface area (Å²) in [4.78, 5) is 22.7. The molecule has 1 aromatic carbocycles. The van der Waals surface area contributed by atoms with Crippen LogP contribution in [0.25, 0.3) is 11.0 Å². The molecule has 152 valence electrons. The van der Waals surface area contributed by atoms with Crippen molar-refractivity contribution in [3.63, 3.8) is 0 Å². The van der Waals surface area contributed by atoms with Gasteiger partial charge in [0.2, 0.25) is 5.82 Å². The number of likely N-dealkylation sites (N-methyl/N-ethyl adjacent to an activating group) is 1. The molecule has 0 saturated carbocycles. The third kappa shape index (κ3) is 6.12. The van der Waals surface area contributed by atoms with Crippen LogP contribution in [0.2, 0.25) is 0 Å². The minimum Gasteiger partial charge on any atom is -0.349 e. The first-order valence-electron chi connectivity index (χ1n) is 9.83. The number of piperazine rings is 1. The van der Waals surface area contributed by atoms with E-state index in [1.807, 2.05) is 18.2 Å². The molecule has 3 rings (SSSR count). The molecule has 1 aromatic heterocycles. The quantitative estimate of drug-likeness (QED) is 0.587. The highest BCUT2D eigenvalue weighted by molar-refractivity contribution is 8.00. The zero-order valence-electron chi connectivity index (χ0n) is 17.2. The Morgan fingerprint density at radius 2 is 1.89 bits per heavy atom. The maximum atomic E-state index is 12.4. The number of nitrogens with zero attached hydrogens (tertiary/aromatic N) is 5. The SMILES string of the molecule is CN1CCN(CCCNC(=O)c2nnc3ccc(SC(C)(C)C)cc3n2)CC1. The van der Waals surface area contributed by atoms with E-state index in [-0.39, 0.29) is 16.5 Å². The van der Waals surface area contributed by atoms with Crippen molar-refractivity contribution >= 4 is 28.7 Å². The smallest absolute Gasteiger partial charge is 0.291 e. The van der Waals surface area contributed by atoms with Gasteiger partial charge in [-0.15, -0.1) is 22.0 Å². The van der Waals surface area contributed by atoms with Gasteiger partial charge in [-0.05, 0) is 38.2 Å². The molecular weight excluding hydrogens is 372 g/mol. The molecule has 0 aliphatic carbocycles. The lowest BCUT2D eigenvalue weighted by Gasteiger charge is -2.32. The Morgan fingerprint density at radius 3 is 2.61 bits per heavy atom. The predicted molar refractivity (Wildman–Crippen MR) is 114 cm³/mol. The fourth-order valence-electron chi connectivity index (χ4n) is 3.08. The fourth-order valence-corrected chi connectivity index (χ4v) is 4.10. The first-order valence-corrected chi connectivity index (χ1v) is 10.6. The standard InChI is InChI=1S/C20H30N6OS/c1-20(2,3)28-15-6-7-16-17(14-15)22-18(24-23-16)19(27)21-8-5-9-26-12-10-25(4)11-13-26/h6-7,14H,5,8-13H2,1-4H3,(H,21,27). The van der Waals surface area contributed by atoms with Crippen LogP contribution >= 0.6 is 11.8 Å². The van der Waals surface area contributed by atoms with Crippen molar-refractivity contribution in [2.75, 3.05) is 46.3 Å². The molecule has 0 unspecified atom stereocenters. The Morgan fingerprint density at radius 1 is 1.14 bits per heavy atom. The van der Waals surface area contributed by atoms with E-state index < -0.39 is 0 Å². The average molecular weight is 403 g/mol. The largest absolute Gasteiger partial charge is 0.349 e. The minimum atomic E-state index is -0.262. The predicted octanol–water partition coefficient (Wildman–Crippen LogP) is 2.28. The Balaban J connectivity index is 1.54. The van der Waals surface area contributed by atoms with Gasteiger partial charge in [0, 0.05) is 42.4 Å². The molecule has 0 radical (unpaired) electrons. The van der Waals surface area contributed by atoms with Crippen molar-refractivity contribution < 1.29 is 4.79 Å². The summed E-state index contributed by atoms with van der Waals surface area (Å²) in [6, 6.07) is 5.90. The Kier molecular flexibility index (Phi) is 6.85. The van der Waals surface area contributed by atoms with Crippen LogP contribution in [0.4, 0.5) is 0 Å². The Hall–Kier alpha value is -1.77. The third-order valence-corrected chi connectivity index (χ3v) is 5.69. The molecule has 0 bridgehead atoms. The van der Waals surface area contributed by atoms with Gasteiger partial charge in [0.15, 0.2) is 0 Å². The van der Waals surface area contributed by atoms with Crippen molar-refractivity contribution in [1.29, 1.82) is 0 Å². The zero-order chi connectivity index (χ0) is 20.1. The number of carbonyl (C=O) groups excluding carboxylic acids is 1. The van der Waals surface area contributed by atoms with Gasteiger partial charge in [-0.3, -0.25) is 4.79 Å².